The van der Waals surface area contributed by atoms with Gasteiger partial charge in [-0.05, 0) is 67.2 Å². The van der Waals surface area contributed by atoms with Crippen molar-refractivity contribution in [2.75, 3.05) is 26.0 Å². The van der Waals surface area contributed by atoms with Crippen LogP contribution in [-0.2, 0) is 23.1 Å². The van der Waals surface area contributed by atoms with Gasteiger partial charge in [0.1, 0.15) is 0 Å². The Hall–Kier alpha value is 0.0700. The summed E-state index contributed by atoms with van der Waals surface area (Å²) in [6.45, 7) is 13.4. The van der Waals surface area contributed by atoms with E-state index in [0.29, 0.717) is 38.5 Å². The fourth-order valence-corrected chi connectivity index (χ4v) is 5.24. The van der Waals surface area contributed by atoms with Crippen molar-refractivity contribution in [1.82, 2.24) is 0 Å². The van der Waals surface area contributed by atoms with E-state index in [1.165, 1.54) is 32.1 Å². The van der Waals surface area contributed by atoms with E-state index in [4.69, 9.17) is 18.5 Å². The number of hydrogen-bond acceptors (Lipinski definition) is 5. The van der Waals surface area contributed by atoms with Crippen LogP contribution in [0.25, 0.3) is 0 Å². The van der Waals surface area contributed by atoms with Crippen molar-refractivity contribution in [1.29, 1.82) is 0 Å². The highest BCUT2D eigenvalue weighted by molar-refractivity contribution is 7.53. The third-order valence-electron chi connectivity index (χ3n) is 4.87. The van der Waals surface area contributed by atoms with E-state index >= 15 is 0 Å². The van der Waals surface area contributed by atoms with E-state index < -0.39 is 7.60 Å². The topological polar surface area (TPSA) is 54.0 Å². The maximum Gasteiger partial charge on any atom is 0.330 e. The minimum absolute atomic E-state index is 0.177. The first kappa shape index (κ1) is 24.1. The third kappa shape index (κ3) is 9.85. The second-order valence-corrected chi connectivity index (χ2v) is 10.6. The van der Waals surface area contributed by atoms with Crippen LogP contribution in [0, 0.1) is 0 Å². The SMILES string of the molecule is CCOP(=O)(CCC(C)(C)OCCC(C)(C)OC1CCCCC1)OCC. The molecule has 5 nitrogen and oxygen atoms in total. The molecule has 6 heteroatoms. The van der Waals surface area contributed by atoms with Gasteiger partial charge in [-0.25, -0.2) is 0 Å². The second kappa shape index (κ2) is 11.2. The maximum absolute atomic E-state index is 12.6. The van der Waals surface area contributed by atoms with Gasteiger partial charge in [0, 0.05) is 0 Å². The first-order chi connectivity index (χ1) is 12.1. The molecule has 1 saturated carbocycles. The minimum Gasteiger partial charge on any atom is -0.375 e. The van der Waals surface area contributed by atoms with Gasteiger partial charge in [0.05, 0.1) is 43.3 Å². The van der Waals surface area contributed by atoms with Gasteiger partial charge in [-0.15, -0.1) is 0 Å². The molecule has 1 aliphatic rings. The summed E-state index contributed by atoms with van der Waals surface area (Å²) >= 11 is 0. The molecule has 1 fully saturated rings. The Morgan fingerprint density at radius 2 is 1.46 bits per heavy atom. The van der Waals surface area contributed by atoms with Gasteiger partial charge < -0.3 is 18.5 Å². The number of ether oxygens (including phenoxy) is 2. The lowest BCUT2D eigenvalue weighted by Crippen LogP contribution is -2.35. The Labute approximate surface area is 161 Å². The minimum atomic E-state index is -3.01. The normalized spacial score (nSPS) is 17.6. The van der Waals surface area contributed by atoms with Crippen LogP contribution < -0.4 is 0 Å². The lowest BCUT2D eigenvalue weighted by molar-refractivity contribution is -0.110. The molecule has 0 aromatic rings. The van der Waals surface area contributed by atoms with Crippen molar-refractivity contribution >= 4 is 7.60 Å². The predicted molar refractivity (Wildman–Crippen MR) is 107 cm³/mol. The van der Waals surface area contributed by atoms with Gasteiger partial charge >= 0.3 is 7.60 Å². The summed E-state index contributed by atoms with van der Waals surface area (Å²) in [5.41, 5.74) is -0.547. The van der Waals surface area contributed by atoms with Gasteiger partial charge in [-0.3, -0.25) is 4.57 Å². The average molecular weight is 393 g/mol. The van der Waals surface area contributed by atoms with Gasteiger partial charge in [0.15, 0.2) is 0 Å². The summed E-state index contributed by atoms with van der Waals surface area (Å²) in [6, 6.07) is 0. The molecule has 0 heterocycles. The molecule has 0 aromatic carbocycles. The predicted octanol–water partition coefficient (Wildman–Crippen LogP) is 5.96. The Morgan fingerprint density at radius 1 is 0.885 bits per heavy atom. The van der Waals surface area contributed by atoms with Crippen molar-refractivity contribution < 1.29 is 23.1 Å². The van der Waals surface area contributed by atoms with Crippen LogP contribution in [0.5, 0.6) is 0 Å². The summed E-state index contributed by atoms with van der Waals surface area (Å²) < 4.78 is 35.7. The van der Waals surface area contributed by atoms with E-state index in [9.17, 15) is 4.57 Å². The molecule has 1 aliphatic carbocycles. The number of rotatable bonds is 13. The van der Waals surface area contributed by atoms with Gasteiger partial charge in [0.2, 0.25) is 0 Å². The fourth-order valence-electron chi connectivity index (χ4n) is 3.30. The first-order valence-corrected chi connectivity index (χ1v) is 12.0. The van der Waals surface area contributed by atoms with Crippen LogP contribution in [-0.4, -0.2) is 43.3 Å². The quantitative estimate of drug-likeness (QED) is 0.362. The smallest absolute Gasteiger partial charge is 0.330 e. The Bertz CT molecular complexity index is 420. The molecular weight excluding hydrogens is 351 g/mol. The molecule has 0 bridgehead atoms. The van der Waals surface area contributed by atoms with Crippen molar-refractivity contribution in [2.24, 2.45) is 0 Å². The van der Waals surface area contributed by atoms with Crippen LogP contribution >= 0.6 is 7.60 Å². The van der Waals surface area contributed by atoms with E-state index in [-0.39, 0.29) is 11.2 Å². The Balaban J connectivity index is 2.37. The molecule has 0 amide bonds. The zero-order valence-corrected chi connectivity index (χ0v) is 18.7. The molecule has 26 heavy (non-hydrogen) atoms. The molecule has 0 spiro atoms. The first-order valence-electron chi connectivity index (χ1n) is 10.3. The molecule has 0 aliphatic heterocycles. The highest BCUT2D eigenvalue weighted by atomic mass is 31.2. The second-order valence-electron chi connectivity index (χ2n) is 8.42. The summed E-state index contributed by atoms with van der Waals surface area (Å²) in [6.07, 6.45) is 8.52. The highest BCUT2D eigenvalue weighted by Crippen LogP contribution is 2.49. The van der Waals surface area contributed by atoms with Gasteiger partial charge in [-0.1, -0.05) is 19.3 Å². The van der Waals surface area contributed by atoms with Gasteiger partial charge in [-0.2, -0.15) is 0 Å². The molecule has 0 N–H and O–H groups in total. The zero-order valence-electron chi connectivity index (χ0n) is 17.8. The molecule has 156 valence electrons. The summed E-state index contributed by atoms with van der Waals surface area (Å²) in [5.74, 6) is 0. The highest BCUT2D eigenvalue weighted by Gasteiger charge is 2.30. The third-order valence-corrected chi connectivity index (χ3v) is 6.95. The lowest BCUT2D eigenvalue weighted by atomic mass is 9.96. The van der Waals surface area contributed by atoms with Crippen LogP contribution in [0.2, 0.25) is 0 Å². The molecule has 0 atom stereocenters. The Kier molecular flexibility index (Phi) is 10.4. The summed E-state index contributed by atoms with van der Waals surface area (Å²) in [4.78, 5) is 0. The number of hydrogen-bond donors (Lipinski definition) is 0. The lowest BCUT2D eigenvalue weighted by Gasteiger charge is -2.34. The molecule has 0 aromatic heterocycles. The van der Waals surface area contributed by atoms with E-state index in [2.05, 4.69) is 13.8 Å². The largest absolute Gasteiger partial charge is 0.375 e. The zero-order chi connectivity index (χ0) is 19.7. The van der Waals surface area contributed by atoms with E-state index in [0.717, 1.165) is 6.42 Å². The van der Waals surface area contributed by atoms with E-state index in [1.807, 2.05) is 27.7 Å². The van der Waals surface area contributed by atoms with Crippen LogP contribution in [0.15, 0.2) is 0 Å². The molecule has 0 radical (unpaired) electrons. The van der Waals surface area contributed by atoms with E-state index in [1.54, 1.807) is 0 Å². The van der Waals surface area contributed by atoms with Crippen LogP contribution in [0.3, 0.4) is 0 Å². The fraction of sp³-hybridized carbons (Fsp3) is 1.00. The molecule has 0 unspecified atom stereocenters. The molecule has 1 rings (SSSR count). The summed E-state index contributed by atoms with van der Waals surface area (Å²) in [5, 5.41) is 0. The van der Waals surface area contributed by atoms with Crippen molar-refractivity contribution in [3.8, 4) is 0 Å². The average Bonchev–Trinajstić information content (AvgIpc) is 2.54. The molecular formula is C20H41O5P. The van der Waals surface area contributed by atoms with Crippen LogP contribution in [0.4, 0.5) is 0 Å². The van der Waals surface area contributed by atoms with Crippen LogP contribution in [0.1, 0.15) is 86.5 Å². The molecule has 0 saturated heterocycles. The van der Waals surface area contributed by atoms with Crippen molar-refractivity contribution in [2.45, 2.75) is 104 Å². The monoisotopic (exact) mass is 392 g/mol. The van der Waals surface area contributed by atoms with Crippen molar-refractivity contribution in [3.05, 3.63) is 0 Å². The Morgan fingerprint density at radius 3 is 2.00 bits per heavy atom. The maximum atomic E-state index is 12.6. The standard InChI is InChI=1S/C20H41O5P/c1-7-23-26(21,24-8-2)17-15-19(3,4)22-16-14-20(5,6)25-18-12-10-9-11-13-18/h18H,7-17H2,1-6H3. The van der Waals surface area contributed by atoms with Crippen molar-refractivity contribution in [3.63, 3.8) is 0 Å². The summed E-state index contributed by atoms with van der Waals surface area (Å²) in [7, 11) is -3.01. The van der Waals surface area contributed by atoms with Gasteiger partial charge in [0.25, 0.3) is 0 Å².